The Hall–Kier alpha value is -1.79. The van der Waals surface area contributed by atoms with Crippen molar-refractivity contribution in [1.29, 1.82) is 0 Å². The van der Waals surface area contributed by atoms with Crippen molar-refractivity contribution in [2.24, 2.45) is 5.73 Å². The normalized spacial score (nSPS) is 20.6. The van der Waals surface area contributed by atoms with Gasteiger partial charge in [0, 0.05) is 18.7 Å². The van der Waals surface area contributed by atoms with Crippen molar-refractivity contribution in [3.63, 3.8) is 0 Å². The molecule has 0 amide bonds. The molecule has 20 heavy (non-hydrogen) atoms. The van der Waals surface area contributed by atoms with Gasteiger partial charge in [-0.1, -0.05) is 12.1 Å². The molecule has 0 saturated carbocycles. The van der Waals surface area contributed by atoms with Gasteiger partial charge in [-0.2, -0.15) is 0 Å². The van der Waals surface area contributed by atoms with Gasteiger partial charge in [-0.3, -0.25) is 4.79 Å². The van der Waals surface area contributed by atoms with Crippen molar-refractivity contribution in [3.8, 4) is 11.5 Å². The highest BCUT2D eigenvalue weighted by Crippen LogP contribution is 2.35. The fraction of sp³-hybridized carbons (Fsp3) is 0.500. The minimum absolute atomic E-state index is 0.0882. The number of likely N-dealkylation sites (N-methyl/N-ethyl adjacent to an activating group) is 1. The molecule has 1 heterocycles. The summed E-state index contributed by atoms with van der Waals surface area (Å²) in [4.78, 5) is 13.2. The summed E-state index contributed by atoms with van der Waals surface area (Å²) in [7, 11) is 3.53. The van der Waals surface area contributed by atoms with Crippen LogP contribution in [-0.4, -0.2) is 49.3 Å². The molecule has 6 heteroatoms. The first-order chi connectivity index (χ1) is 9.52. The Morgan fingerprint density at radius 2 is 2.30 bits per heavy atom. The molecule has 6 nitrogen and oxygen atoms in total. The smallest absolute Gasteiger partial charge is 0.325 e. The Morgan fingerprint density at radius 1 is 1.55 bits per heavy atom. The number of aliphatic carboxylic acids is 1. The summed E-state index contributed by atoms with van der Waals surface area (Å²) in [6.45, 7) is 1.83. The Labute approximate surface area is 118 Å². The lowest BCUT2D eigenvalue weighted by Crippen LogP contribution is -2.23. The zero-order chi connectivity index (χ0) is 14.7. The maximum Gasteiger partial charge on any atom is 0.325 e. The first kappa shape index (κ1) is 14.6. The van der Waals surface area contributed by atoms with Crippen molar-refractivity contribution in [2.45, 2.75) is 18.6 Å². The van der Waals surface area contributed by atoms with Gasteiger partial charge in [0.05, 0.1) is 7.11 Å². The van der Waals surface area contributed by atoms with Crippen LogP contribution < -0.4 is 15.2 Å². The quantitative estimate of drug-likeness (QED) is 0.832. The van der Waals surface area contributed by atoms with E-state index < -0.39 is 12.0 Å². The lowest BCUT2D eigenvalue weighted by molar-refractivity contribution is -0.138. The first-order valence-electron chi connectivity index (χ1n) is 6.53. The van der Waals surface area contributed by atoms with Gasteiger partial charge in [0.2, 0.25) is 0 Å². The Bertz CT molecular complexity index is 492. The number of carboxylic acids is 1. The van der Waals surface area contributed by atoms with Gasteiger partial charge in [0.15, 0.2) is 11.5 Å². The molecule has 0 aliphatic carbocycles. The number of methoxy groups -OCH3 is 1. The highest BCUT2D eigenvalue weighted by molar-refractivity contribution is 5.77. The van der Waals surface area contributed by atoms with Crippen molar-refractivity contribution in [2.75, 3.05) is 27.2 Å². The third-order valence-electron chi connectivity index (χ3n) is 3.46. The summed E-state index contributed by atoms with van der Waals surface area (Å²) in [5, 5.41) is 9.04. The molecule has 1 aliphatic rings. The Morgan fingerprint density at radius 3 is 2.85 bits per heavy atom. The zero-order valence-corrected chi connectivity index (χ0v) is 11.7. The van der Waals surface area contributed by atoms with E-state index in [1.54, 1.807) is 18.2 Å². The summed E-state index contributed by atoms with van der Waals surface area (Å²) in [5.74, 6) is -0.153. The van der Waals surface area contributed by atoms with Gasteiger partial charge in [0.25, 0.3) is 0 Å². The van der Waals surface area contributed by atoms with E-state index >= 15 is 0 Å². The fourth-order valence-corrected chi connectivity index (χ4v) is 2.39. The molecule has 0 radical (unpaired) electrons. The number of nitrogens with zero attached hydrogens (tertiary/aromatic N) is 1. The molecule has 1 fully saturated rings. The third-order valence-corrected chi connectivity index (χ3v) is 3.46. The van der Waals surface area contributed by atoms with Crippen molar-refractivity contribution < 1.29 is 19.4 Å². The van der Waals surface area contributed by atoms with Crippen molar-refractivity contribution >= 4 is 5.97 Å². The molecule has 0 spiro atoms. The lowest BCUT2D eigenvalue weighted by Gasteiger charge is -2.19. The van der Waals surface area contributed by atoms with Gasteiger partial charge in [0.1, 0.15) is 12.1 Å². The van der Waals surface area contributed by atoms with Crippen LogP contribution in [0.15, 0.2) is 18.2 Å². The number of hydrogen-bond donors (Lipinski definition) is 2. The average molecular weight is 280 g/mol. The third kappa shape index (κ3) is 3.02. The lowest BCUT2D eigenvalue weighted by atomic mass is 10.1. The molecule has 2 rings (SSSR count). The van der Waals surface area contributed by atoms with Crippen LogP contribution in [0.2, 0.25) is 0 Å². The number of para-hydroxylation sites is 1. The molecule has 2 unspecified atom stereocenters. The Kier molecular flexibility index (Phi) is 4.46. The molecule has 3 N–H and O–H groups in total. The van der Waals surface area contributed by atoms with Crippen LogP contribution in [0.25, 0.3) is 0 Å². The topological polar surface area (TPSA) is 85.0 Å². The largest absolute Gasteiger partial charge is 0.492 e. The van der Waals surface area contributed by atoms with Crippen LogP contribution in [0.3, 0.4) is 0 Å². The van der Waals surface area contributed by atoms with E-state index in [-0.39, 0.29) is 6.10 Å². The summed E-state index contributed by atoms with van der Waals surface area (Å²) in [5.41, 5.74) is 6.09. The summed E-state index contributed by atoms with van der Waals surface area (Å²) in [6, 6.07) is 4.02. The molecule has 1 saturated heterocycles. The number of ether oxygens (including phenoxy) is 2. The number of likely N-dealkylation sites (tertiary alicyclic amines) is 1. The standard InChI is InChI=1S/C14H20N2O4/c1-16-7-6-9(8-16)20-11-5-3-4-10(13(11)19-2)12(15)14(17)18/h3-5,9,12H,6-8,15H2,1-2H3,(H,17,18). The van der Waals surface area contributed by atoms with E-state index in [9.17, 15) is 4.79 Å². The van der Waals surface area contributed by atoms with Gasteiger partial charge < -0.3 is 25.2 Å². The predicted octanol–water partition coefficient (Wildman–Crippen LogP) is 0.863. The number of rotatable bonds is 5. The molecule has 110 valence electrons. The van der Waals surface area contributed by atoms with Crippen molar-refractivity contribution in [1.82, 2.24) is 4.90 Å². The second kappa shape index (κ2) is 6.11. The van der Waals surface area contributed by atoms with Crippen LogP contribution in [0, 0.1) is 0 Å². The number of benzene rings is 1. The predicted molar refractivity (Wildman–Crippen MR) is 74.1 cm³/mol. The van der Waals surface area contributed by atoms with Gasteiger partial charge >= 0.3 is 5.97 Å². The number of carbonyl (C=O) groups is 1. The number of hydrogen-bond acceptors (Lipinski definition) is 5. The molecule has 1 aromatic carbocycles. The van der Waals surface area contributed by atoms with Gasteiger partial charge in [-0.05, 0) is 19.5 Å². The summed E-state index contributed by atoms with van der Waals surface area (Å²) in [6.07, 6.45) is 1.03. The molecular formula is C14H20N2O4. The van der Waals surface area contributed by atoms with Crippen LogP contribution in [0.1, 0.15) is 18.0 Å². The molecule has 2 atom stereocenters. The minimum atomic E-state index is -1.13. The fourth-order valence-electron chi connectivity index (χ4n) is 2.39. The van der Waals surface area contributed by atoms with E-state index in [1.165, 1.54) is 7.11 Å². The first-order valence-corrected chi connectivity index (χ1v) is 6.53. The van der Waals surface area contributed by atoms with Gasteiger partial charge in [-0.25, -0.2) is 0 Å². The summed E-state index contributed by atoms with van der Waals surface area (Å²) < 4.78 is 11.2. The second-order valence-corrected chi connectivity index (χ2v) is 4.99. The number of carboxylic acid groups (broad SMARTS) is 1. The summed E-state index contributed by atoms with van der Waals surface area (Å²) >= 11 is 0. The number of nitrogens with two attached hydrogens (primary N) is 1. The van der Waals surface area contributed by atoms with Crippen LogP contribution >= 0.6 is 0 Å². The molecule has 1 aliphatic heterocycles. The molecular weight excluding hydrogens is 260 g/mol. The van der Waals surface area contributed by atoms with E-state index in [4.69, 9.17) is 20.3 Å². The molecule has 0 bridgehead atoms. The molecule has 0 aromatic heterocycles. The minimum Gasteiger partial charge on any atom is -0.492 e. The van der Waals surface area contributed by atoms with Gasteiger partial charge in [-0.15, -0.1) is 0 Å². The van der Waals surface area contributed by atoms with E-state index in [0.29, 0.717) is 17.1 Å². The zero-order valence-electron chi connectivity index (χ0n) is 11.7. The SMILES string of the molecule is COc1c(OC2CCN(C)C2)cccc1C(N)C(=O)O. The highest BCUT2D eigenvalue weighted by atomic mass is 16.5. The maximum absolute atomic E-state index is 11.0. The van der Waals surface area contributed by atoms with E-state index in [1.807, 2.05) is 7.05 Å². The average Bonchev–Trinajstić information content (AvgIpc) is 2.83. The van der Waals surface area contributed by atoms with Crippen molar-refractivity contribution in [3.05, 3.63) is 23.8 Å². The van der Waals surface area contributed by atoms with E-state index in [2.05, 4.69) is 4.90 Å². The second-order valence-electron chi connectivity index (χ2n) is 4.99. The monoisotopic (exact) mass is 280 g/mol. The Balaban J connectivity index is 2.24. The molecule has 1 aromatic rings. The highest BCUT2D eigenvalue weighted by Gasteiger charge is 2.25. The van der Waals surface area contributed by atoms with Crippen LogP contribution in [-0.2, 0) is 4.79 Å². The van der Waals surface area contributed by atoms with E-state index in [0.717, 1.165) is 19.5 Å². The van der Waals surface area contributed by atoms with Crippen LogP contribution in [0.4, 0.5) is 0 Å². The van der Waals surface area contributed by atoms with Crippen LogP contribution in [0.5, 0.6) is 11.5 Å². The maximum atomic E-state index is 11.0.